The van der Waals surface area contributed by atoms with Gasteiger partial charge in [0.15, 0.2) is 0 Å². The lowest BCUT2D eigenvalue weighted by atomic mass is 9.91. The molecule has 0 bridgehead atoms. The predicted molar refractivity (Wildman–Crippen MR) is 125 cm³/mol. The third-order valence-electron chi connectivity index (χ3n) is 6.09. The Morgan fingerprint density at radius 2 is 0.903 bits per heavy atom. The summed E-state index contributed by atoms with van der Waals surface area (Å²) >= 11 is 0. The van der Waals surface area contributed by atoms with Crippen LogP contribution < -0.4 is 5.73 Å². The van der Waals surface area contributed by atoms with Gasteiger partial charge in [-0.15, -0.1) is 0 Å². The van der Waals surface area contributed by atoms with Gasteiger partial charge in [-0.05, 0) is 33.6 Å². The van der Waals surface area contributed by atoms with E-state index in [1.54, 1.807) is 42.7 Å². The lowest BCUT2D eigenvalue weighted by Gasteiger charge is -2.43. The lowest BCUT2D eigenvalue weighted by molar-refractivity contribution is -0.107. The number of rotatable bonds is 18. The van der Waals surface area contributed by atoms with Crippen molar-refractivity contribution in [2.24, 2.45) is 5.73 Å². The van der Waals surface area contributed by atoms with Crippen molar-refractivity contribution >= 4 is 17.6 Å². The van der Waals surface area contributed by atoms with Gasteiger partial charge in [-0.3, -0.25) is 0 Å². The van der Waals surface area contributed by atoms with Crippen LogP contribution in [0.4, 0.5) is 0 Å². The molecule has 0 saturated heterocycles. The van der Waals surface area contributed by atoms with Crippen LogP contribution in [-0.4, -0.2) is 89.5 Å². The van der Waals surface area contributed by atoms with Crippen LogP contribution in [0.1, 0.15) is 60.3 Å². The Labute approximate surface area is 191 Å². The Morgan fingerprint density at radius 3 is 1.10 bits per heavy atom. The maximum atomic E-state index is 6.76. The quantitative estimate of drug-likeness (QED) is 0.294. The van der Waals surface area contributed by atoms with Gasteiger partial charge in [0.1, 0.15) is 11.5 Å². The van der Waals surface area contributed by atoms with Crippen LogP contribution in [0.5, 0.6) is 0 Å². The van der Waals surface area contributed by atoms with Crippen LogP contribution in [0, 0.1) is 0 Å². The summed E-state index contributed by atoms with van der Waals surface area (Å²) in [4.78, 5) is 0. The Kier molecular flexibility index (Phi) is 14.4. The molecule has 0 aliphatic carbocycles. The Morgan fingerprint density at radius 1 is 0.645 bits per heavy atom. The van der Waals surface area contributed by atoms with Crippen LogP contribution in [0.3, 0.4) is 0 Å². The van der Waals surface area contributed by atoms with E-state index in [0.717, 1.165) is 25.7 Å². The van der Waals surface area contributed by atoms with E-state index in [2.05, 4.69) is 13.8 Å². The zero-order valence-electron chi connectivity index (χ0n) is 21.5. The third-order valence-corrected chi connectivity index (χ3v) is 11.9. The van der Waals surface area contributed by atoms with Gasteiger partial charge in [-0.2, -0.15) is 0 Å². The van der Waals surface area contributed by atoms with E-state index in [9.17, 15) is 0 Å². The molecule has 0 aromatic heterocycles. The van der Waals surface area contributed by atoms with Gasteiger partial charge in [0.05, 0.1) is 17.7 Å². The molecule has 0 aliphatic rings. The van der Waals surface area contributed by atoms with E-state index in [-0.39, 0.29) is 23.7 Å². The average molecular weight is 486 g/mol. The summed E-state index contributed by atoms with van der Waals surface area (Å²) in [6.07, 6.45) is 2.47. The highest BCUT2D eigenvalue weighted by molar-refractivity contribution is 6.62. The van der Waals surface area contributed by atoms with Crippen LogP contribution >= 0.6 is 0 Å². The Bertz CT molecular complexity index is 422. The molecular weight excluding hydrogens is 438 g/mol. The van der Waals surface area contributed by atoms with Gasteiger partial charge in [-0.25, -0.2) is 0 Å². The fourth-order valence-corrected chi connectivity index (χ4v) is 8.19. The summed E-state index contributed by atoms with van der Waals surface area (Å²) in [5.41, 5.74) is 5.24. The van der Waals surface area contributed by atoms with Gasteiger partial charge in [0.25, 0.3) is 0 Å². The van der Waals surface area contributed by atoms with Crippen molar-refractivity contribution in [2.75, 3.05) is 42.7 Å². The first-order valence-corrected chi connectivity index (χ1v) is 14.6. The van der Waals surface area contributed by atoms with Crippen molar-refractivity contribution in [1.29, 1.82) is 0 Å². The van der Waals surface area contributed by atoms with Gasteiger partial charge in [0, 0.05) is 42.7 Å². The SMILES string of the molecule is CCCC(OC(C)C(C)(N)C(C)OC(CCC)[Si](OC)(OC)OC)[Si](OC)(OC)OC. The summed E-state index contributed by atoms with van der Waals surface area (Å²) in [5, 5.41) is 0. The standard InChI is InChI=1S/C20H47NO8Si2/c1-12-14-18(30(22-6,23-7)24-8)28-16(3)20(5,21)17(4)29-19(15-13-2)31(25-9,26-10)27-11/h16-19H,12-15,21H2,1-11H3. The molecule has 4 unspecified atom stereocenters. The molecule has 0 saturated carbocycles. The molecule has 188 valence electrons. The molecule has 0 fully saturated rings. The monoisotopic (exact) mass is 485 g/mol. The summed E-state index contributed by atoms with van der Waals surface area (Å²) in [6, 6.07) is 0. The highest BCUT2D eigenvalue weighted by Crippen LogP contribution is 2.29. The minimum atomic E-state index is -3.01. The van der Waals surface area contributed by atoms with E-state index >= 15 is 0 Å². The molecule has 0 aromatic rings. The number of hydrogen-bond donors (Lipinski definition) is 1. The molecule has 4 atom stereocenters. The smallest absolute Gasteiger partial charge is 0.375 e. The first-order valence-electron chi connectivity index (χ1n) is 10.9. The second kappa shape index (κ2) is 14.4. The maximum Gasteiger partial charge on any atom is 0.530 e. The highest BCUT2D eigenvalue weighted by atomic mass is 28.4. The van der Waals surface area contributed by atoms with Crippen molar-refractivity contribution in [3.8, 4) is 0 Å². The Hall–Kier alpha value is 0.0738. The second-order valence-corrected chi connectivity index (χ2v) is 14.1. The topological polar surface area (TPSA) is 99.9 Å². The maximum absolute atomic E-state index is 6.76. The molecule has 31 heavy (non-hydrogen) atoms. The predicted octanol–water partition coefficient (Wildman–Crippen LogP) is 2.69. The Balaban J connectivity index is 5.64. The fourth-order valence-electron chi connectivity index (χ4n) is 3.59. The zero-order chi connectivity index (χ0) is 24.3. The van der Waals surface area contributed by atoms with Crippen molar-refractivity contribution in [1.82, 2.24) is 0 Å². The number of nitrogens with two attached hydrogens (primary N) is 1. The molecule has 0 aliphatic heterocycles. The first-order chi connectivity index (χ1) is 14.5. The summed E-state index contributed by atoms with van der Waals surface area (Å²) < 4.78 is 46.8. The molecule has 2 N–H and O–H groups in total. The van der Waals surface area contributed by atoms with Gasteiger partial charge < -0.3 is 41.8 Å². The molecule has 0 heterocycles. The molecular formula is C20H47NO8Si2. The molecule has 0 spiro atoms. The van der Waals surface area contributed by atoms with Crippen molar-refractivity contribution in [3.63, 3.8) is 0 Å². The largest absolute Gasteiger partial charge is 0.530 e. The molecule has 0 aromatic carbocycles. The van der Waals surface area contributed by atoms with E-state index in [0.29, 0.717) is 0 Å². The summed E-state index contributed by atoms with van der Waals surface area (Å²) in [7, 11) is 3.50. The van der Waals surface area contributed by atoms with Crippen LogP contribution in [0.15, 0.2) is 0 Å². The number of ether oxygens (including phenoxy) is 2. The van der Waals surface area contributed by atoms with Crippen molar-refractivity contribution in [2.45, 2.75) is 89.5 Å². The van der Waals surface area contributed by atoms with Gasteiger partial charge in [-0.1, -0.05) is 26.7 Å². The molecule has 11 heteroatoms. The zero-order valence-corrected chi connectivity index (χ0v) is 23.5. The van der Waals surface area contributed by atoms with E-state index in [1.807, 2.05) is 20.8 Å². The van der Waals surface area contributed by atoms with Crippen molar-refractivity contribution < 1.29 is 36.0 Å². The van der Waals surface area contributed by atoms with Crippen LogP contribution in [-0.2, 0) is 36.0 Å². The molecule has 9 nitrogen and oxygen atoms in total. The summed E-state index contributed by atoms with van der Waals surface area (Å²) in [6.45, 7) is 9.94. The molecule has 0 radical (unpaired) electrons. The van der Waals surface area contributed by atoms with E-state index in [1.165, 1.54) is 0 Å². The molecule has 0 rings (SSSR count). The van der Waals surface area contributed by atoms with Crippen LogP contribution in [0.2, 0.25) is 0 Å². The van der Waals surface area contributed by atoms with E-state index in [4.69, 9.17) is 41.8 Å². The highest BCUT2D eigenvalue weighted by Gasteiger charge is 2.52. The first kappa shape index (κ1) is 31.1. The average Bonchev–Trinajstić information content (AvgIpc) is 2.77. The summed E-state index contributed by atoms with van der Waals surface area (Å²) in [5.74, 6) is 0. The molecule has 0 amide bonds. The lowest BCUT2D eigenvalue weighted by Crippen LogP contribution is -2.64. The van der Waals surface area contributed by atoms with Gasteiger partial charge >= 0.3 is 17.6 Å². The minimum Gasteiger partial charge on any atom is -0.375 e. The van der Waals surface area contributed by atoms with Crippen molar-refractivity contribution in [3.05, 3.63) is 0 Å². The van der Waals surface area contributed by atoms with Gasteiger partial charge in [0.2, 0.25) is 0 Å². The normalized spacial score (nSPS) is 19.0. The minimum absolute atomic E-state index is 0.348. The third kappa shape index (κ3) is 7.54. The van der Waals surface area contributed by atoms with Crippen LogP contribution in [0.25, 0.3) is 0 Å². The fraction of sp³-hybridized carbons (Fsp3) is 1.00. The van der Waals surface area contributed by atoms with E-state index < -0.39 is 23.1 Å². The second-order valence-electron chi connectivity index (χ2n) is 7.91. The number of hydrogen-bond acceptors (Lipinski definition) is 9.